The van der Waals surface area contributed by atoms with Gasteiger partial charge in [-0.3, -0.25) is 0 Å². The molecule has 2 N–H and O–H groups in total. The lowest BCUT2D eigenvalue weighted by atomic mass is 10.2. The third kappa shape index (κ3) is 3.85. The van der Waals surface area contributed by atoms with Crippen LogP contribution in [0.3, 0.4) is 0 Å². The SMILES string of the molecule is Cc1ccc(NC(=O)NCc2cc(Br)cs2)cc1. The van der Waals surface area contributed by atoms with Crippen molar-refractivity contribution in [3.63, 3.8) is 0 Å². The summed E-state index contributed by atoms with van der Waals surface area (Å²) in [7, 11) is 0. The van der Waals surface area contributed by atoms with Gasteiger partial charge in [0.1, 0.15) is 0 Å². The summed E-state index contributed by atoms with van der Waals surface area (Å²) in [6, 6.07) is 9.51. The van der Waals surface area contributed by atoms with Crippen LogP contribution in [0.5, 0.6) is 0 Å². The molecule has 0 bridgehead atoms. The van der Waals surface area contributed by atoms with Crippen LogP contribution < -0.4 is 10.6 Å². The van der Waals surface area contributed by atoms with Crippen molar-refractivity contribution in [3.8, 4) is 0 Å². The molecule has 3 nitrogen and oxygen atoms in total. The van der Waals surface area contributed by atoms with E-state index in [0.717, 1.165) is 15.0 Å². The maximum absolute atomic E-state index is 11.6. The second-order valence-corrected chi connectivity index (χ2v) is 5.82. The molecular formula is C13H13BrN2OS. The summed E-state index contributed by atoms with van der Waals surface area (Å²) in [5, 5.41) is 7.60. The van der Waals surface area contributed by atoms with E-state index in [-0.39, 0.29) is 6.03 Å². The molecule has 18 heavy (non-hydrogen) atoms. The van der Waals surface area contributed by atoms with Crippen LogP contribution in [0.1, 0.15) is 10.4 Å². The fourth-order valence-electron chi connectivity index (χ4n) is 1.43. The van der Waals surface area contributed by atoms with Gasteiger partial charge in [-0.1, -0.05) is 17.7 Å². The lowest BCUT2D eigenvalue weighted by molar-refractivity contribution is 0.252. The number of hydrogen-bond donors (Lipinski definition) is 2. The molecule has 0 saturated heterocycles. The van der Waals surface area contributed by atoms with Crippen molar-refractivity contribution >= 4 is 39.0 Å². The molecular weight excluding hydrogens is 312 g/mol. The topological polar surface area (TPSA) is 41.1 Å². The molecule has 2 rings (SSSR count). The van der Waals surface area contributed by atoms with Gasteiger partial charge in [0.05, 0.1) is 6.54 Å². The van der Waals surface area contributed by atoms with Crippen LogP contribution in [0.2, 0.25) is 0 Å². The molecule has 0 unspecified atom stereocenters. The van der Waals surface area contributed by atoms with Gasteiger partial charge in [0.25, 0.3) is 0 Å². The van der Waals surface area contributed by atoms with Crippen molar-refractivity contribution in [3.05, 3.63) is 50.6 Å². The number of thiophene rings is 1. The Morgan fingerprint density at radius 3 is 2.67 bits per heavy atom. The highest BCUT2D eigenvalue weighted by Crippen LogP contribution is 2.19. The standard InChI is InChI=1S/C13H13BrN2OS/c1-9-2-4-11(5-3-9)16-13(17)15-7-12-6-10(14)8-18-12/h2-6,8H,7H2,1H3,(H2,15,16,17). The van der Waals surface area contributed by atoms with Gasteiger partial charge < -0.3 is 10.6 Å². The number of hydrogen-bond acceptors (Lipinski definition) is 2. The van der Waals surface area contributed by atoms with Gasteiger partial charge in [0.15, 0.2) is 0 Å². The zero-order valence-corrected chi connectivity index (χ0v) is 12.3. The Morgan fingerprint density at radius 2 is 2.06 bits per heavy atom. The van der Waals surface area contributed by atoms with E-state index in [1.54, 1.807) is 11.3 Å². The van der Waals surface area contributed by atoms with Crippen LogP contribution in [0, 0.1) is 6.92 Å². The van der Waals surface area contributed by atoms with E-state index in [9.17, 15) is 4.79 Å². The third-order valence-corrected chi connectivity index (χ3v) is 4.05. The van der Waals surface area contributed by atoms with E-state index < -0.39 is 0 Å². The largest absolute Gasteiger partial charge is 0.333 e. The average Bonchev–Trinajstić information content (AvgIpc) is 2.76. The van der Waals surface area contributed by atoms with E-state index in [1.165, 1.54) is 5.56 Å². The lowest BCUT2D eigenvalue weighted by Gasteiger charge is -2.06. The zero-order valence-electron chi connectivity index (χ0n) is 9.87. The van der Waals surface area contributed by atoms with Crippen LogP contribution in [-0.2, 0) is 6.54 Å². The predicted octanol–water partition coefficient (Wildman–Crippen LogP) is 4.14. The Morgan fingerprint density at radius 1 is 1.33 bits per heavy atom. The molecule has 0 aliphatic heterocycles. The van der Waals surface area contributed by atoms with Gasteiger partial charge in [-0.2, -0.15) is 0 Å². The number of carbonyl (C=O) groups excluding carboxylic acids is 1. The van der Waals surface area contributed by atoms with Crippen LogP contribution in [0.4, 0.5) is 10.5 Å². The first-order valence-electron chi connectivity index (χ1n) is 5.48. The minimum absolute atomic E-state index is 0.191. The molecule has 2 aromatic rings. The van der Waals surface area contributed by atoms with Crippen molar-refractivity contribution in [2.24, 2.45) is 0 Å². The van der Waals surface area contributed by atoms with Crippen molar-refractivity contribution in [1.29, 1.82) is 0 Å². The average molecular weight is 325 g/mol. The molecule has 1 aromatic heterocycles. The Balaban J connectivity index is 1.83. The molecule has 1 aromatic carbocycles. The highest BCUT2D eigenvalue weighted by Gasteiger charge is 2.02. The highest BCUT2D eigenvalue weighted by atomic mass is 79.9. The van der Waals surface area contributed by atoms with E-state index in [0.29, 0.717) is 6.54 Å². The highest BCUT2D eigenvalue weighted by molar-refractivity contribution is 9.10. The molecule has 0 fully saturated rings. The summed E-state index contributed by atoms with van der Waals surface area (Å²) in [5.74, 6) is 0. The fraction of sp³-hybridized carbons (Fsp3) is 0.154. The van der Waals surface area contributed by atoms with Gasteiger partial charge in [-0.05, 0) is 41.1 Å². The minimum atomic E-state index is -0.191. The van der Waals surface area contributed by atoms with Crippen LogP contribution >= 0.6 is 27.3 Å². The molecule has 0 spiro atoms. The zero-order chi connectivity index (χ0) is 13.0. The summed E-state index contributed by atoms with van der Waals surface area (Å²) in [6.07, 6.45) is 0. The first-order valence-corrected chi connectivity index (χ1v) is 7.15. The molecule has 0 radical (unpaired) electrons. The van der Waals surface area contributed by atoms with Gasteiger partial charge in [0, 0.05) is 20.4 Å². The van der Waals surface area contributed by atoms with E-state index >= 15 is 0 Å². The number of nitrogens with one attached hydrogen (secondary N) is 2. The summed E-state index contributed by atoms with van der Waals surface area (Å²) in [6.45, 7) is 2.55. The van der Waals surface area contributed by atoms with Crippen LogP contribution in [0.25, 0.3) is 0 Å². The number of amides is 2. The summed E-state index contributed by atoms with van der Waals surface area (Å²) in [5.41, 5.74) is 1.97. The molecule has 0 aliphatic carbocycles. The Bertz CT molecular complexity index is 536. The molecule has 1 heterocycles. The van der Waals surface area contributed by atoms with Crippen LogP contribution in [0.15, 0.2) is 40.2 Å². The Labute approximate surface area is 118 Å². The summed E-state index contributed by atoms with van der Waals surface area (Å²) in [4.78, 5) is 12.8. The van der Waals surface area contributed by atoms with Gasteiger partial charge >= 0.3 is 6.03 Å². The fourth-order valence-corrected chi connectivity index (χ4v) is 2.82. The van der Waals surface area contributed by atoms with Gasteiger partial charge in [-0.25, -0.2) is 4.79 Å². The molecule has 2 amide bonds. The molecule has 0 atom stereocenters. The smallest absolute Gasteiger partial charge is 0.319 e. The number of halogens is 1. The van der Waals surface area contributed by atoms with Crippen molar-refractivity contribution in [2.75, 3.05) is 5.32 Å². The number of benzene rings is 1. The van der Waals surface area contributed by atoms with Crippen molar-refractivity contribution in [1.82, 2.24) is 5.32 Å². The maximum Gasteiger partial charge on any atom is 0.319 e. The molecule has 0 saturated carbocycles. The minimum Gasteiger partial charge on any atom is -0.333 e. The number of aryl methyl sites for hydroxylation is 1. The van der Waals surface area contributed by atoms with E-state index in [4.69, 9.17) is 0 Å². The molecule has 0 aliphatic rings. The summed E-state index contributed by atoms with van der Waals surface area (Å²) >= 11 is 4.99. The summed E-state index contributed by atoms with van der Waals surface area (Å²) < 4.78 is 1.04. The monoisotopic (exact) mass is 324 g/mol. The maximum atomic E-state index is 11.6. The normalized spacial score (nSPS) is 10.1. The molecule has 94 valence electrons. The van der Waals surface area contributed by atoms with Gasteiger partial charge in [-0.15, -0.1) is 11.3 Å². The Kier molecular flexibility index (Phi) is 4.38. The molecule has 5 heteroatoms. The Hall–Kier alpha value is -1.33. The predicted molar refractivity (Wildman–Crippen MR) is 79.1 cm³/mol. The van der Waals surface area contributed by atoms with E-state index in [1.807, 2.05) is 42.6 Å². The van der Waals surface area contributed by atoms with E-state index in [2.05, 4.69) is 26.6 Å². The lowest BCUT2D eigenvalue weighted by Crippen LogP contribution is -2.27. The number of urea groups is 1. The first kappa shape index (κ1) is 13.1. The number of rotatable bonds is 3. The number of carbonyl (C=O) groups is 1. The third-order valence-electron chi connectivity index (χ3n) is 2.35. The van der Waals surface area contributed by atoms with Gasteiger partial charge in [0.2, 0.25) is 0 Å². The second kappa shape index (κ2) is 6.02. The second-order valence-electron chi connectivity index (χ2n) is 3.90. The number of anilines is 1. The van der Waals surface area contributed by atoms with Crippen molar-refractivity contribution < 1.29 is 4.79 Å². The van der Waals surface area contributed by atoms with Crippen LogP contribution in [-0.4, -0.2) is 6.03 Å². The van der Waals surface area contributed by atoms with Crippen molar-refractivity contribution in [2.45, 2.75) is 13.5 Å². The quantitative estimate of drug-likeness (QED) is 0.875. The first-order chi connectivity index (χ1) is 8.63.